The summed E-state index contributed by atoms with van der Waals surface area (Å²) >= 11 is 1.45. The standard InChI is InChI=1S/C17H16N2O3S/c1-2-22-17(21)15(19-18)16(20)13-10-6-7-11-14(13)23-12-8-4-3-5-9-12/h3-11,16,20H,2H2,1H3. The molecule has 0 amide bonds. The van der Waals surface area contributed by atoms with Crippen LogP contribution in [0.5, 0.6) is 0 Å². The molecular weight excluding hydrogens is 312 g/mol. The van der Waals surface area contributed by atoms with Crippen molar-refractivity contribution in [3.8, 4) is 0 Å². The summed E-state index contributed by atoms with van der Waals surface area (Å²) in [6.07, 6.45) is -1.37. The minimum Gasteiger partial charge on any atom is -0.457 e. The maximum absolute atomic E-state index is 11.8. The monoisotopic (exact) mass is 328 g/mol. The Morgan fingerprint density at radius 1 is 1.22 bits per heavy atom. The molecule has 0 heterocycles. The molecule has 2 aromatic rings. The van der Waals surface area contributed by atoms with E-state index in [0.29, 0.717) is 5.56 Å². The predicted molar refractivity (Wildman–Crippen MR) is 87.2 cm³/mol. The average molecular weight is 328 g/mol. The predicted octanol–water partition coefficient (Wildman–Crippen LogP) is 3.11. The van der Waals surface area contributed by atoms with Crippen molar-refractivity contribution in [2.75, 3.05) is 6.61 Å². The highest BCUT2D eigenvalue weighted by Crippen LogP contribution is 2.33. The Hall–Kier alpha value is -2.40. The number of hydrogen-bond donors (Lipinski definition) is 1. The largest absolute Gasteiger partial charge is 0.457 e. The number of ether oxygens (including phenoxy) is 1. The lowest BCUT2D eigenvalue weighted by molar-refractivity contribution is -0.141. The number of benzene rings is 2. The van der Waals surface area contributed by atoms with Gasteiger partial charge >= 0.3 is 11.7 Å². The number of rotatable bonds is 6. The summed E-state index contributed by atoms with van der Waals surface area (Å²) in [5.74, 6) is -0.845. The van der Waals surface area contributed by atoms with Crippen molar-refractivity contribution in [2.24, 2.45) is 0 Å². The first-order chi connectivity index (χ1) is 11.2. The molecule has 118 valence electrons. The zero-order chi connectivity index (χ0) is 16.7. The molecule has 0 aliphatic heterocycles. The fourth-order valence-electron chi connectivity index (χ4n) is 1.97. The summed E-state index contributed by atoms with van der Waals surface area (Å²) in [4.78, 5) is 16.4. The Balaban J connectivity index is 2.32. The maximum Gasteiger partial charge on any atom is 0.420 e. The smallest absolute Gasteiger partial charge is 0.420 e. The molecule has 0 spiro atoms. The van der Waals surface area contributed by atoms with E-state index in [0.717, 1.165) is 9.79 Å². The average Bonchev–Trinajstić information content (AvgIpc) is 2.57. The van der Waals surface area contributed by atoms with E-state index in [1.54, 1.807) is 19.1 Å². The van der Waals surface area contributed by atoms with Gasteiger partial charge in [-0.3, -0.25) is 0 Å². The summed E-state index contributed by atoms with van der Waals surface area (Å²) < 4.78 is 4.80. The Morgan fingerprint density at radius 2 is 1.87 bits per heavy atom. The van der Waals surface area contributed by atoms with Crippen molar-refractivity contribution < 1.29 is 19.4 Å². The van der Waals surface area contributed by atoms with E-state index in [4.69, 9.17) is 10.3 Å². The van der Waals surface area contributed by atoms with E-state index in [1.165, 1.54) is 11.8 Å². The summed E-state index contributed by atoms with van der Waals surface area (Å²) in [5.41, 5.74) is 9.09. The molecule has 0 aliphatic carbocycles. The van der Waals surface area contributed by atoms with Crippen LogP contribution in [0.25, 0.3) is 5.53 Å². The van der Waals surface area contributed by atoms with E-state index in [2.05, 4.69) is 4.79 Å². The fourth-order valence-corrected chi connectivity index (χ4v) is 2.97. The molecule has 0 radical (unpaired) electrons. The molecule has 0 fully saturated rings. The van der Waals surface area contributed by atoms with E-state index in [9.17, 15) is 9.90 Å². The van der Waals surface area contributed by atoms with Crippen molar-refractivity contribution in [3.63, 3.8) is 0 Å². The zero-order valence-electron chi connectivity index (χ0n) is 12.5. The quantitative estimate of drug-likeness (QED) is 0.382. The third-order valence-corrected chi connectivity index (χ3v) is 4.14. The lowest BCUT2D eigenvalue weighted by atomic mass is 10.1. The van der Waals surface area contributed by atoms with Crippen LogP contribution in [0.15, 0.2) is 64.4 Å². The van der Waals surface area contributed by atoms with Gasteiger partial charge in [-0.25, -0.2) is 4.79 Å². The van der Waals surface area contributed by atoms with Crippen LogP contribution in [0.2, 0.25) is 0 Å². The molecule has 0 aromatic heterocycles. The second kappa shape index (κ2) is 8.29. The molecule has 5 nitrogen and oxygen atoms in total. The molecule has 1 N–H and O–H groups in total. The van der Waals surface area contributed by atoms with Crippen molar-refractivity contribution in [1.82, 2.24) is 0 Å². The highest BCUT2D eigenvalue weighted by molar-refractivity contribution is 7.99. The van der Waals surface area contributed by atoms with E-state index in [1.807, 2.05) is 42.5 Å². The normalized spacial score (nSPS) is 11.4. The van der Waals surface area contributed by atoms with E-state index < -0.39 is 17.8 Å². The van der Waals surface area contributed by atoms with Crippen LogP contribution in [-0.4, -0.2) is 28.2 Å². The van der Waals surface area contributed by atoms with Gasteiger partial charge in [0.1, 0.15) is 0 Å². The fraction of sp³-hybridized carbons (Fsp3) is 0.176. The molecule has 1 atom stereocenters. The van der Waals surface area contributed by atoms with E-state index in [-0.39, 0.29) is 6.61 Å². The summed E-state index contributed by atoms with van der Waals surface area (Å²) in [5, 5.41) is 10.4. The third kappa shape index (κ3) is 4.29. The first-order valence-corrected chi connectivity index (χ1v) is 7.88. The number of nitrogens with zero attached hydrogens (tertiary/aromatic N) is 2. The molecule has 2 rings (SSSR count). The lowest BCUT2D eigenvalue weighted by Gasteiger charge is -2.12. The van der Waals surface area contributed by atoms with Crippen LogP contribution in [0.1, 0.15) is 18.6 Å². The Kier molecular flexibility index (Phi) is 6.11. The molecule has 2 aromatic carbocycles. The van der Waals surface area contributed by atoms with Crippen LogP contribution in [0, 0.1) is 0 Å². The van der Waals surface area contributed by atoms with Gasteiger partial charge in [0, 0.05) is 15.4 Å². The van der Waals surface area contributed by atoms with E-state index >= 15 is 0 Å². The SMILES string of the molecule is CCOC(=O)C(=[N+]=[N-])C(O)c1ccccc1Sc1ccccc1. The lowest BCUT2D eigenvalue weighted by Crippen LogP contribution is -2.26. The number of carbonyl (C=O) groups excluding carboxylic acids is 1. The van der Waals surface area contributed by atoms with Crippen LogP contribution >= 0.6 is 11.8 Å². The van der Waals surface area contributed by atoms with Gasteiger partial charge in [-0.15, -0.1) is 0 Å². The van der Waals surface area contributed by atoms with Crippen molar-refractivity contribution in [1.29, 1.82) is 0 Å². The van der Waals surface area contributed by atoms with Gasteiger partial charge in [0.25, 0.3) is 0 Å². The number of hydrogen-bond acceptors (Lipinski definition) is 4. The maximum atomic E-state index is 11.8. The molecular formula is C17H16N2O3S. The second-order valence-corrected chi connectivity index (χ2v) is 5.68. The molecule has 0 aliphatic rings. The molecule has 23 heavy (non-hydrogen) atoms. The summed E-state index contributed by atoms with van der Waals surface area (Å²) in [7, 11) is 0. The topological polar surface area (TPSA) is 82.9 Å². The van der Waals surface area contributed by atoms with Gasteiger partial charge in [-0.1, -0.05) is 48.2 Å². The van der Waals surface area contributed by atoms with Crippen LogP contribution in [0.3, 0.4) is 0 Å². The number of aliphatic hydroxyl groups excluding tert-OH is 1. The third-order valence-electron chi connectivity index (χ3n) is 3.04. The first-order valence-electron chi connectivity index (χ1n) is 7.06. The minimum atomic E-state index is -1.37. The zero-order valence-corrected chi connectivity index (χ0v) is 13.4. The Bertz CT molecular complexity index is 728. The number of esters is 1. The number of aliphatic hydroxyl groups is 1. The molecule has 0 saturated carbocycles. The molecule has 0 bridgehead atoms. The van der Waals surface area contributed by atoms with Crippen LogP contribution in [-0.2, 0) is 9.53 Å². The molecule has 1 unspecified atom stereocenters. The highest BCUT2D eigenvalue weighted by Gasteiger charge is 2.33. The van der Waals surface area contributed by atoms with Gasteiger partial charge < -0.3 is 15.4 Å². The highest BCUT2D eigenvalue weighted by atomic mass is 32.2. The molecule has 0 saturated heterocycles. The van der Waals surface area contributed by atoms with Gasteiger partial charge in [0.2, 0.25) is 0 Å². The van der Waals surface area contributed by atoms with Gasteiger partial charge in [-0.05, 0) is 25.1 Å². The van der Waals surface area contributed by atoms with Crippen LogP contribution in [0.4, 0.5) is 0 Å². The van der Waals surface area contributed by atoms with Crippen molar-refractivity contribution in [3.05, 3.63) is 65.7 Å². The second-order valence-electron chi connectivity index (χ2n) is 4.56. The summed E-state index contributed by atoms with van der Waals surface area (Å²) in [6, 6.07) is 16.7. The van der Waals surface area contributed by atoms with Gasteiger partial charge in [0.15, 0.2) is 6.10 Å². The van der Waals surface area contributed by atoms with Crippen LogP contribution < -0.4 is 0 Å². The minimum absolute atomic E-state index is 0.130. The van der Waals surface area contributed by atoms with Crippen molar-refractivity contribution in [2.45, 2.75) is 22.8 Å². The summed E-state index contributed by atoms with van der Waals surface area (Å²) in [6.45, 7) is 1.77. The Morgan fingerprint density at radius 3 is 2.52 bits per heavy atom. The van der Waals surface area contributed by atoms with Gasteiger partial charge in [-0.2, -0.15) is 4.79 Å². The number of carbonyl (C=O) groups is 1. The first kappa shape index (κ1) is 17.0. The molecule has 6 heteroatoms. The Labute approximate surface area is 138 Å². The van der Waals surface area contributed by atoms with Gasteiger partial charge in [0.05, 0.1) is 6.61 Å². The van der Waals surface area contributed by atoms with Crippen molar-refractivity contribution >= 4 is 23.4 Å².